The summed E-state index contributed by atoms with van der Waals surface area (Å²) in [7, 11) is 0. The molecule has 4 heterocycles. The first-order valence-electron chi connectivity index (χ1n) is 11.9. The molecule has 0 spiro atoms. The SMILES string of the molecule is Cc1cc(Cc2nccn3c(C4=CCN=C4C(F)(F)F)cnc23)ccc1C(=O)NCC(=O)N1CC(C)C1. The third kappa shape index (κ3) is 4.85. The fraction of sp³-hybridized carbons (Fsp3) is 0.346. The molecular formula is C26H25F3N6O2. The average molecular weight is 511 g/mol. The maximum Gasteiger partial charge on any atom is 0.433 e. The van der Waals surface area contributed by atoms with Crippen LogP contribution in [0.2, 0.25) is 0 Å². The van der Waals surface area contributed by atoms with E-state index >= 15 is 0 Å². The van der Waals surface area contributed by atoms with Crippen molar-refractivity contribution in [1.29, 1.82) is 0 Å². The summed E-state index contributed by atoms with van der Waals surface area (Å²) >= 11 is 0. The number of alkyl halides is 3. The number of halogens is 3. The number of aromatic nitrogens is 3. The summed E-state index contributed by atoms with van der Waals surface area (Å²) in [5.41, 5.74) is 2.51. The first-order chi connectivity index (χ1) is 17.6. The Kier molecular flexibility index (Phi) is 6.30. The number of benzene rings is 1. The molecule has 1 fully saturated rings. The summed E-state index contributed by atoms with van der Waals surface area (Å²) in [6.45, 7) is 5.24. The van der Waals surface area contributed by atoms with E-state index in [2.05, 4.69) is 27.2 Å². The average Bonchev–Trinajstić information content (AvgIpc) is 3.48. The van der Waals surface area contributed by atoms with Crippen molar-refractivity contribution in [2.45, 2.75) is 26.4 Å². The Morgan fingerprint density at radius 1 is 1.19 bits per heavy atom. The lowest BCUT2D eigenvalue weighted by molar-refractivity contribution is -0.135. The zero-order valence-corrected chi connectivity index (χ0v) is 20.3. The smallest absolute Gasteiger partial charge is 0.343 e. The molecule has 2 amide bonds. The zero-order valence-electron chi connectivity index (χ0n) is 20.3. The molecule has 1 aromatic carbocycles. The molecule has 2 aliphatic rings. The van der Waals surface area contributed by atoms with Crippen molar-refractivity contribution in [1.82, 2.24) is 24.6 Å². The van der Waals surface area contributed by atoms with Crippen LogP contribution in [0.5, 0.6) is 0 Å². The van der Waals surface area contributed by atoms with E-state index in [-0.39, 0.29) is 30.5 Å². The van der Waals surface area contributed by atoms with Gasteiger partial charge in [0.15, 0.2) is 5.65 Å². The molecule has 2 aliphatic heterocycles. The zero-order chi connectivity index (χ0) is 26.3. The second kappa shape index (κ2) is 9.45. The third-order valence-corrected chi connectivity index (χ3v) is 6.57. The highest BCUT2D eigenvalue weighted by molar-refractivity contribution is 6.27. The Morgan fingerprint density at radius 3 is 2.68 bits per heavy atom. The lowest BCUT2D eigenvalue weighted by Gasteiger charge is -2.37. The van der Waals surface area contributed by atoms with E-state index in [1.165, 1.54) is 18.5 Å². The summed E-state index contributed by atoms with van der Waals surface area (Å²) in [5, 5.41) is 2.69. The molecule has 2 aromatic heterocycles. The van der Waals surface area contributed by atoms with Gasteiger partial charge in [0.2, 0.25) is 5.91 Å². The summed E-state index contributed by atoms with van der Waals surface area (Å²) in [4.78, 5) is 38.8. The Hall–Kier alpha value is -4.02. The summed E-state index contributed by atoms with van der Waals surface area (Å²) < 4.78 is 41.8. The number of nitrogens with zero attached hydrogens (tertiary/aromatic N) is 5. The van der Waals surface area contributed by atoms with E-state index in [1.54, 1.807) is 27.6 Å². The number of imidazole rings is 1. The highest BCUT2D eigenvalue weighted by atomic mass is 19.4. The standard InChI is InChI=1S/C26H25F3N6O2/c1-15-13-34(14-15)22(36)12-33-25(37)18-4-3-17(9-16(18)2)10-20-24-32-11-21(35(24)8-7-30-20)19-5-6-31-23(19)26(27,28)29/h3-5,7-9,11,15H,6,10,12-14H2,1-2H3,(H,33,37). The van der Waals surface area contributed by atoms with Gasteiger partial charge >= 0.3 is 6.18 Å². The Labute approximate surface area is 210 Å². The van der Waals surface area contributed by atoms with Crippen molar-refractivity contribution in [3.63, 3.8) is 0 Å². The monoisotopic (exact) mass is 510 g/mol. The number of fused-ring (bicyclic) bond motifs is 1. The number of nitrogens with one attached hydrogen (secondary N) is 1. The van der Waals surface area contributed by atoms with Gasteiger partial charge in [-0.05, 0) is 30.0 Å². The van der Waals surface area contributed by atoms with Crippen molar-refractivity contribution >= 4 is 28.7 Å². The van der Waals surface area contributed by atoms with Crippen molar-refractivity contribution in [2.24, 2.45) is 10.9 Å². The molecule has 0 radical (unpaired) electrons. The second-order valence-corrected chi connectivity index (χ2v) is 9.43. The van der Waals surface area contributed by atoms with Gasteiger partial charge in [0, 0.05) is 43.0 Å². The molecule has 0 unspecified atom stereocenters. The van der Waals surface area contributed by atoms with Gasteiger partial charge in [-0.15, -0.1) is 0 Å². The van der Waals surface area contributed by atoms with E-state index in [1.807, 2.05) is 13.0 Å². The van der Waals surface area contributed by atoms with Crippen LogP contribution in [0.1, 0.15) is 39.8 Å². The number of carbonyl (C=O) groups excluding carboxylic acids is 2. The predicted molar refractivity (Wildman–Crippen MR) is 131 cm³/mol. The fourth-order valence-electron chi connectivity index (χ4n) is 4.72. The maximum atomic E-state index is 13.4. The quantitative estimate of drug-likeness (QED) is 0.551. The van der Waals surface area contributed by atoms with Crippen molar-refractivity contribution in [3.8, 4) is 0 Å². The Morgan fingerprint density at radius 2 is 1.97 bits per heavy atom. The van der Waals surface area contributed by atoms with Crippen LogP contribution < -0.4 is 5.32 Å². The van der Waals surface area contributed by atoms with Gasteiger partial charge in [0.05, 0.1) is 30.7 Å². The van der Waals surface area contributed by atoms with Gasteiger partial charge < -0.3 is 10.2 Å². The molecule has 5 rings (SSSR count). The van der Waals surface area contributed by atoms with E-state index < -0.39 is 11.9 Å². The molecule has 0 aliphatic carbocycles. The number of hydrogen-bond donors (Lipinski definition) is 1. The van der Waals surface area contributed by atoms with E-state index in [4.69, 9.17) is 0 Å². The van der Waals surface area contributed by atoms with Gasteiger partial charge in [0.25, 0.3) is 5.91 Å². The first kappa shape index (κ1) is 24.7. The van der Waals surface area contributed by atoms with Crippen molar-refractivity contribution < 1.29 is 22.8 Å². The fourth-order valence-corrected chi connectivity index (χ4v) is 4.72. The number of amides is 2. The largest absolute Gasteiger partial charge is 0.433 e. The third-order valence-electron chi connectivity index (χ3n) is 6.57. The van der Waals surface area contributed by atoms with Crippen LogP contribution >= 0.6 is 0 Å². The summed E-state index contributed by atoms with van der Waals surface area (Å²) in [6.07, 6.45) is 1.77. The lowest BCUT2D eigenvalue weighted by Crippen LogP contribution is -2.52. The van der Waals surface area contributed by atoms with Crippen LogP contribution in [0.15, 0.2) is 47.9 Å². The highest BCUT2D eigenvalue weighted by Crippen LogP contribution is 2.32. The molecule has 3 aromatic rings. The molecule has 37 heavy (non-hydrogen) atoms. The molecule has 1 saturated heterocycles. The van der Waals surface area contributed by atoms with Crippen LogP contribution in [0.25, 0.3) is 11.2 Å². The molecule has 0 bridgehead atoms. The van der Waals surface area contributed by atoms with Crippen LogP contribution in [0, 0.1) is 12.8 Å². The van der Waals surface area contributed by atoms with Gasteiger partial charge in [-0.3, -0.25) is 24.0 Å². The van der Waals surface area contributed by atoms with Gasteiger partial charge in [-0.25, -0.2) is 4.98 Å². The van der Waals surface area contributed by atoms with Crippen LogP contribution in [-0.4, -0.2) is 69.1 Å². The minimum Gasteiger partial charge on any atom is -0.343 e. The lowest BCUT2D eigenvalue weighted by atomic mass is 10.0. The summed E-state index contributed by atoms with van der Waals surface area (Å²) in [5.74, 6) is 0.0753. The number of rotatable bonds is 6. The number of likely N-dealkylation sites (tertiary alicyclic amines) is 1. The van der Waals surface area contributed by atoms with Crippen LogP contribution in [0.3, 0.4) is 0 Å². The molecule has 8 nitrogen and oxygen atoms in total. The normalized spacial score (nSPS) is 16.0. The Balaban J connectivity index is 1.31. The summed E-state index contributed by atoms with van der Waals surface area (Å²) in [6, 6.07) is 5.35. The molecule has 11 heteroatoms. The topological polar surface area (TPSA) is 92.0 Å². The van der Waals surface area contributed by atoms with Gasteiger partial charge in [-0.1, -0.05) is 25.1 Å². The van der Waals surface area contributed by atoms with Crippen molar-refractivity contribution in [3.05, 3.63) is 70.9 Å². The number of allylic oxidation sites excluding steroid dienone is 1. The number of carbonyl (C=O) groups is 2. The number of aryl methyl sites for hydroxylation is 1. The molecule has 1 N–H and O–H groups in total. The van der Waals surface area contributed by atoms with Gasteiger partial charge in [0.1, 0.15) is 5.71 Å². The Bertz CT molecular complexity index is 1450. The number of hydrogen-bond acceptors (Lipinski definition) is 5. The molecule has 0 saturated carbocycles. The first-order valence-corrected chi connectivity index (χ1v) is 11.9. The molecule has 0 atom stereocenters. The minimum atomic E-state index is -4.55. The van der Waals surface area contributed by atoms with E-state index in [9.17, 15) is 22.8 Å². The van der Waals surface area contributed by atoms with Gasteiger partial charge in [-0.2, -0.15) is 13.2 Å². The van der Waals surface area contributed by atoms with E-state index in [0.29, 0.717) is 34.9 Å². The molecular weight excluding hydrogens is 485 g/mol. The predicted octanol–water partition coefficient (Wildman–Crippen LogP) is 3.24. The highest BCUT2D eigenvalue weighted by Gasteiger charge is 2.40. The maximum absolute atomic E-state index is 13.4. The second-order valence-electron chi connectivity index (χ2n) is 9.43. The minimum absolute atomic E-state index is 0.00506. The van der Waals surface area contributed by atoms with Crippen LogP contribution in [-0.2, 0) is 11.2 Å². The number of aliphatic imine (C=N–C) groups is 1. The van der Waals surface area contributed by atoms with E-state index in [0.717, 1.165) is 24.2 Å². The van der Waals surface area contributed by atoms with Crippen molar-refractivity contribution in [2.75, 3.05) is 26.2 Å². The van der Waals surface area contributed by atoms with Crippen LogP contribution in [0.4, 0.5) is 13.2 Å². The molecule has 192 valence electrons.